The Labute approximate surface area is 117 Å². The summed E-state index contributed by atoms with van der Waals surface area (Å²) >= 11 is 15.1. The third kappa shape index (κ3) is 2.82. The van der Waals surface area contributed by atoms with Crippen molar-refractivity contribution in [1.29, 1.82) is 0 Å². The van der Waals surface area contributed by atoms with Crippen LogP contribution in [0.25, 0.3) is 11.1 Å². The highest BCUT2D eigenvalue weighted by Gasteiger charge is 2.08. The van der Waals surface area contributed by atoms with Gasteiger partial charge in [-0.1, -0.05) is 51.3 Å². The molecule has 4 heteroatoms. The van der Waals surface area contributed by atoms with Crippen LogP contribution in [0.2, 0.25) is 10.0 Å². The summed E-state index contributed by atoms with van der Waals surface area (Å²) in [7, 11) is 0. The molecular weight excluding hydrogens is 326 g/mol. The number of hydrogen-bond acceptors (Lipinski definition) is 0. The second-order valence-electron chi connectivity index (χ2n) is 3.58. The maximum Gasteiger partial charge on any atom is 0.131 e. The summed E-state index contributed by atoms with van der Waals surface area (Å²) in [5.74, 6) is -0.270. The van der Waals surface area contributed by atoms with Crippen molar-refractivity contribution in [3.05, 3.63) is 57.8 Å². The molecule has 0 amide bonds. The van der Waals surface area contributed by atoms with E-state index in [4.69, 9.17) is 23.2 Å². The molecule has 0 atom stereocenters. The van der Waals surface area contributed by atoms with Gasteiger partial charge in [0, 0.05) is 10.9 Å². The Morgan fingerprint density at radius 3 is 2.41 bits per heavy atom. The van der Waals surface area contributed by atoms with Crippen LogP contribution in [0.1, 0.15) is 5.56 Å². The molecule has 0 spiro atoms. The number of halogens is 4. The molecule has 2 aromatic rings. The van der Waals surface area contributed by atoms with Gasteiger partial charge in [0.2, 0.25) is 0 Å². The molecule has 0 heterocycles. The van der Waals surface area contributed by atoms with Gasteiger partial charge < -0.3 is 0 Å². The molecule has 2 rings (SSSR count). The number of hydrogen-bond donors (Lipinski definition) is 0. The highest BCUT2D eigenvalue weighted by molar-refractivity contribution is 9.08. The van der Waals surface area contributed by atoms with Gasteiger partial charge in [-0.25, -0.2) is 4.39 Å². The Morgan fingerprint density at radius 2 is 1.76 bits per heavy atom. The third-order valence-corrected chi connectivity index (χ3v) is 3.80. The molecule has 0 aliphatic carbocycles. The maximum atomic E-state index is 13.7. The Hall–Kier alpha value is -0.570. The molecule has 0 saturated carbocycles. The summed E-state index contributed by atoms with van der Waals surface area (Å²) in [6.45, 7) is 0. The first-order chi connectivity index (χ1) is 8.11. The van der Waals surface area contributed by atoms with E-state index in [1.807, 2.05) is 0 Å². The Morgan fingerprint density at radius 1 is 1.00 bits per heavy atom. The molecular formula is C13H8BrCl2F. The van der Waals surface area contributed by atoms with Crippen molar-refractivity contribution in [2.75, 3.05) is 0 Å². The van der Waals surface area contributed by atoms with Crippen LogP contribution in [0.3, 0.4) is 0 Å². The Bertz CT molecular complexity index is 555. The lowest BCUT2D eigenvalue weighted by molar-refractivity contribution is 0.631. The SMILES string of the molecule is Fc1ccc(CBr)cc1-c1ccc(Cl)c(Cl)c1. The maximum absolute atomic E-state index is 13.7. The van der Waals surface area contributed by atoms with Gasteiger partial charge in [0.1, 0.15) is 5.82 Å². The van der Waals surface area contributed by atoms with E-state index in [1.165, 1.54) is 6.07 Å². The first-order valence-corrected chi connectivity index (χ1v) is 6.79. The standard InChI is InChI=1S/C13H8BrCl2F/c14-7-8-1-4-13(17)10(5-8)9-2-3-11(15)12(16)6-9/h1-6H,7H2. The van der Waals surface area contributed by atoms with E-state index in [0.29, 0.717) is 20.9 Å². The monoisotopic (exact) mass is 332 g/mol. The topological polar surface area (TPSA) is 0 Å². The summed E-state index contributed by atoms with van der Waals surface area (Å²) < 4.78 is 13.7. The molecule has 0 radical (unpaired) electrons. The van der Waals surface area contributed by atoms with E-state index in [2.05, 4.69) is 15.9 Å². The highest BCUT2D eigenvalue weighted by Crippen LogP contribution is 2.30. The van der Waals surface area contributed by atoms with E-state index < -0.39 is 0 Å². The van der Waals surface area contributed by atoms with Crippen molar-refractivity contribution in [1.82, 2.24) is 0 Å². The fourth-order valence-electron chi connectivity index (χ4n) is 1.54. The summed E-state index contributed by atoms with van der Waals surface area (Å²) in [6.07, 6.45) is 0. The zero-order chi connectivity index (χ0) is 12.4. The normalized spacial score (nSPS) is 10.6. The quantitative estimate of drug-likeness (QED) is 0.619. The van der Waals surface area contributed by atoms with Gasteiger partial charge in [-0.15, -0.1) is 0 Å². The smallest absolute Gasteiger partial charge is 0.131 e. The summed E-state index contributed by atoms with van der Waals surface area (Å²) in [4.78, 5) is 0. The van der Waals surface area contributed by atoms with Crippen molar-refractivity contribution in [3.63, 3.8) is 0 Å². The zero-order valence-corrected chi connectivity index (χ0v) is 11.8. The number of alkyl halides is 1. The van der Waals surface area contributed by atoms with Crippen LogP contribution in [0.5, 0.6) is 0 Å². The van der Waals surface area contributed by atoms with Crippen LogP contribution in [-0.4, -0.2) is 0 Å². The zero-order valence-electron chi connectivity index (χ0n) is 8.68. The molecule has 17 heavy (non-hydrogen) atoms. The molecule has 0 aromatic heterocycles. The van der Waals surface area contributed by atoms with Crippen LogP contribution in [-0.2, 0) is 5.33 Å². The van der Waals surface area contributed by atoms with E-state index in [-0.39, 0.29) is 5.82 Å². The molecule has 0 saturated heterocycles. The minimum Gasteiger partial charge on any atom is -0.206 e. The second kappa shape index (κ2) is 5.38. The number of benzene rings is 2. The molecule has 0 aliphatic rings. The average molecular weight is 334 g/mol. The fraction of sp³-hybridized carbons (Fsp3) is 0.0769. The summed E-state index contributed by atoms with van der Waals surface area (Å²) in [5, 5.41) is 1.57. The van der Waals surface area contributed by atoms with Crippen molar-refractivity contribution in [3.8, 4) is 11.1 Å². The first-order valence-electron chi connectivity index (χ1n) is 4.91. The van der Waals surface area contributed by atoms with Gasteiger partial charge in [-0.2, -0.15) is 0 Å². The molecule has 0 fully saturated rings. The van der Waals surface area contributed by atoms with Crippen molar-refractivity contribution in [2.24, 2.45) is 0 Å². The average Bonchev–Trinajstić information content (AvgIpc) is 2.33. The molecule has 0 aliphatic heterocycles. The first kappa shape index (κ1) is 12.9. The summed E-state index contributed by atoms with van der Waals surface area (Å²) in [6, 6.07) is 10.1. The molecule has 0 unspecified atom stereocenters. The lowest BCUT2D eigenvalue weighted by atomic mass is 10.0. The van der Waals surface area contributed by atoms with E-state index >= 15 is 0 Å². The molecule has 0 N–H and O–H groups in total. The van der Waals surface area contributed by atoms with E-state index in [9.17, 15) is 4.39 Å². The molecule has 2 aromatic carbocycles. The largest absolute Gasteiger partial charge is 0.206 e. The van der Waals surface area contributed by atoms with E-state index in [1.54, 1.807) is 30.3 Å². The van der Waals surface area contributed by atoms with Crippen LogP contribution in [0.4, 0.5) is 4.39 Å². The van der Waals surface area contributed by atoms with Crippen LogP contribution in [0.15, 0.2) is 36.4 Å². The van der Waals surface area contributed by atoms with Gasteiger partial charge in [0.15, 0.2) is 0 Å². The molecule has 88 valence electrons. The summed E-state index contributed by atoms with van der Waals surface area (Å²) in [5.41, 5.74) is 2.26. The third-order valence-electron chi connectivity index (χ3n) is 2.42. The van der Waals surface area contributed by atoms with Crippen LogP contribution >= 0.6 is 39.1 Å². The lowest BCUT2D eigenvalue weighted by Gasteiger charge is -2.07. The Balaban J connectivity index is 2.55. The minimum absolute atomic E-state index is 0.270. The highest BCUT2D eigenvalue weighted by atomic mass is 79.9. The van der Waals surface area contributed by atoms with Gasteiger partial charge >= 0.3 is 0 Å². The van der Waals surface area contributed by atoms with Gasteiger partial charge in [-0.3, -0.25) is 0 Å². The Kier molecular flexibility index (Phi) is 4.08. The van der Waals surface area contributed by atoms with Gasteiger partial charge in [0.05, 0.1) is 10.0 Å². The predicted octanol–water partition coefficient (Wildman–Crippen LogP) is 5.69. The predicted molar refractivity (Wildman–Crippen MR) is 74.5 cm³/mol. The molecule has 0 nitrogen and oxygen atoms in total. The van der Waals surface area contributed by atoms with Gasteiger partial charge in [0.25, 0.3) is 0 Å². The van der Waals surface area contributed by atoms with Crippen molar-refractivity contribution in [2.45, 2.75) is 5.33 Å². The van der Waals surface area contributed by atoms with E-state index in [0.717, 1.165) is 11.1 Å². The number of rotatable bonds is 2. The van der Waals surface area contributed by atoms with Crippen molar-refractivity contribution >= 4 is 39.1 Å². The molecule has 0 bridgehead atoms. The second-order valence-corrected chi connectivity index (χ2v) is 4.95. The van der Waals surface area contributed by atoms with Crippen LogP contribution < -0.4 is 0 Å². The van der Waals surface area contributed by atoms with Gasteiger partial charge in [-0.05, 0) is 35.4 Å². The lowest BCUT2D eigenvalue weighted by Crippen LogP contribution is -1.87. The fourth-order valence-corrected chi connectivity index (χ4v) is 2.19. The van der Waals surface area contributed by atoms with Crippen molar-refractivity contribution < 1.29 is 4.39 Å². The minimum atomic E-state index is -0.270. The van der Waals surface area contributed by atoms with Crippen LogP contribution in [0, 0.1) is 5.82 Å².